The van der Waals surface area contributed by atoms with Crippen molar-refractivity contribution in [2.24, 2.45) is 5.73 Å². The van der Waals surface area contributed by atoms with Crippen molar-refractivity contribution < 1.29 is 9.18 Å². The Kier molecular flexibility index (Phi) is 6.23. The Labute approximate surface area is 126 Å². The zero-order valence-corrected chi connectivity index (χ0v) is 12.8. The molecule has 3 N–H and O–H groups in total. The van der Waals surface area contributed by atoms with Gasteiger partial charge in [-0.2, -0.15) is 0 Å². The fourth-order valence-corrected chi connectivity index (χ4v) is 2.62. The molecule has 1 saturated carbocycles. The molecule has 2 rings (SSSR count). The van der Waals surface area contributed by atoms with Crippen molar-refractivity contribution >= 4 is 34.2 Å². The number of hydrogen-bond acceptors (Lipinski definition) is 2. The van der Waals surface area contributed by atoms with Crippen molar-refractivity contribution in [1.29, 1.82) is 0 Å². The van der Waals surface area contributed by atoms with Gasteiger partial charge in [0.1, 0.15) is 5.82 Å². The highest BCUT2D eigenvalue weighted by atomic mass is 79.9. The van der Waals surface area contributed by atoms with Gasteiger partial charge in [0.25, 0.3) is 5.91 Å². The molecule has 0 bridgehead atoms. The first-order valence-electron chi connectivity index (χ1n) is 6.08. The number of nitrogens with one attached hydrogen (secondary N) is 1. The first kappa shape index (κ1) is 16.4. The van der Waals surface area contributed by atoms with Crippen LogP contribution in [-0.4, -0.2) is 18.0 Å². The maximum absolute atomic E-state index is 13.1. The number of hydrogen-bond donors (Lipinski definition) is 2. The molecule has 0 saturated heterocycles. The van der Waals surface area contributed by atoms with Crippen LogP contribution < -0.4 is 11.1 Å². The molecule has 106 valence electrons. The number of nitrogens with two attached hydrogens (primary N) is 1. The minimum atomic E-state index is -0.408. The number of carbonyl (C=O) groups is 1. The minimum Gasteiger partial charge on any atom is -0.349 e. The molecular formula is C13H17BrClFN2O. The van der Waals surface area contributed by atoms with Crippen LogP contribution in [-0.2, 0) is 0 Å². The Bertz CT molecular complexity index is 450. The van der Waals surface area contributed by atoms with Gasteiger partial charge in [-0.25, -0.2) is 4.39 Å². The van der Waals surface area contributed by atoms with Crippen LogP contribution in [0.15, 0.2) is 22.7 Å². The molecule has 1 aromatic carbocycles. The zero-order chi connectivity index (χ0) is 13.1. The van der Waals surface area contributed by atoms with E-state index in [1.807, 2.05) is 0 Å². The summed E-state index contributed by atoms with van der Waals surface area (Å²) in [5.74, 6) is -0.643. The van der Waals surface area contributed by atoms with Crippen molar-refractivity contribution in [3.8, 4) is 0 Å². The van der Waals surface area contributed by atoms with E-state index in [-0.39, 0.29) is 30.4 Å². The Balaban J connectivity index is 0.00000180. The van der Waals surface area contributed by atoms with E-state index in [1.165, 1.54) is 12.1 Å². The Morgan fingerprint density at radius 3 is 2.58 bits per heavy atom. The van der Waals surface area contributed by atoms with Crippen molar-refractivity contribution in [1.82, 2.24) is 5.32 Å². The predicted octanol–water partition coefficient (Wildman–Crippen LogP) is 3.01. The van der Waals surface area contributed by atoms with Gasteiger partial charge in [-0.1, -0.05) is 0 Å². The maximum atomic E-state index is 13.1. The number of carbonyl (C=O) groups excluding carboxylic acids is 1. The van der Waals surface area contributed by atoms with Crippen molar-refractivity contribution in [3.63, 3.8) is 0 Å². The molecule has 0 radical (unpaired) electrons. The van der Waals surface area contributed by atoms with Crippen LogP contribution in [0.2, 0.25) is 0 Å². The van der Waals surface area contributed by atoms with E-state index < -0.39 is 5.82 Å². The molecule has 0 aliphatic heterocycles. The largest absolute Gasteiger partial charge is 0.349 e. The Morgan fingerprint density at radius 1 is 1.32 bits per heavy atom. The van der Waals surface area contributed by atoms with Crippen LogP contribution in [0.5, 0.6) is 0 Å². The summed E-state index contributed by atoms with van der Waals surface area (Å²) >= 11 is 3.26. The van der Waals surface area contributed by atoms with E-state index in [4.69, 9.17) is 5.73 Å². The molecule has 6 heteroatoms. The van der Waals surface area contributed by atoms with Crippen LogP contribution in [0.1, 0.15) is 36.0 Å². The minimum absolute atomic E-state index is 0. The number of benzene rings is 1. The summed E-state index contributed by atoms with van der Waals surface area (Å²) in [5.41, 5.74) is 6.15. The standard InChI is InChI=1S/C13H16BrFN2O.ClH/c14-12-6-1-8(15)7-11(12)13(18)17-10-4-2-9(16)3-5-10;/h1,6-7,9-10H,2-5,16H2,(H,17,18);1H. The first-order chi connectivity index (χ1) is 8.56. The second-order valence-corrected chi connectivity index (χ2v) is 5.56. The fraction of sp³-hybridized carbons (Fsp3) is 0.462. The highest BCUT2D eigenvalue weighted by Crippen LogP contribution is 2.20. The molecule has 0 spiro atoms. The molecule has 1 fully saturated rings. The highest BCUT2D eigenvalue weighted by Gasteiger charge is 2.21. The summed E-state index contributed by atoms with van der Waals surface area (Å²) in [6.45, 7) is 0. The first-order valence-corrected chi connectivity index (χ1v) is 6.87. The fourth-order valence-electron chi connectivity index (χ4n) is 2.20. The van der Waals surface area contributed by atoms with Crippen molar-refractivity contribution in [2.75, 3.05) is 0 Å². The van der Waals surface area contributed by atoms with E-state index in [2.05, 4.69) is 21.2 Å². The summed E-state index contributed by atoms with van der Waals surface area (Å²) in [6, 6.07) is 4.50. The Hall–Kier alpha value is -0.650. The Morgan fingerprint density at radius 2 is 1.95 bits per heavy atom. The third-order valence-corrected chi connectivity index (χ3v) is 3.97. The summed E-state index contributed by atoms with van der Waals surface area (Å²) in [7, 11) is 0. The second-order valence-electron chi connectivity index (χ2n) is 4.71. The van der Waals surface area contributed by atoms with Crippen LogP contribution >= 0.6 is 28.3 Å². The zero-order valence-electron chi connectivity index (χ0n) is 10.4. The molecule has 1 aromatic rings. The van der Waals surface area contributed by atoms with Gasteiger partial charge in [0.15, 0.2) is 0 Å². The molecule has 1 amide bonds. The molecule has 0 heterocycles. The molecule has 19 heavy (non-hydrogen) atoms. The lowest BCUT2D eigenvalue weighted by molar-refractivity contribution is 0.0924. The van der Waals surface area contributed by atoms with Crippen LogP contribution in [0, 0.1) is 5.82 Å². The third-order valence-electron chi connectivity index (χ3n) is 3.28. The molecule has 1 aliphatic carbocycles. The summed E-state index contributed by atoms with van der Waals surface area (Å²) in [6.07, 6.45) is 3.63. The van der Waals surface area contributed by atoms with Gasteiger partial charge in [0.2, 0.25) is 0 Å². The van der Waals surface area contributed by atoms with Gasteiger partial charge in [-0.05, 0) is 59.8 Å². The molecular weight excluding hydrogens is 335 g/mol. The number of halogens is 3. The van der Waals surface area contributed by atoms with Gasteiger partial charge in [0, 0.05) is 16.6 Å². The van der Waals surface area contributed by atoms with Gasteiger partial charge >= 0.3 is 0 Å². The third kappa shape index (κ3) is 4.44. The average molecular weight is 352 g/mol. The topological polar surface area (TPSA) is 55.1 Å². The molecule has 1 aliphatic rings. The monoisotopic (exact) mass is 350 g/mol. The van der Waals surface area contributed by atoms with E-state index in [0.29, 0.717) is 10.0 Å². The van der Waals surface area contributed by atoms with Gasteiger partial charge < -0.3 is 11.1 Å². The van der Waals surface area contributed by atoms with Crippen molar-refractivity contribution in [3.05, 3.63) is 34.1 Å². The van der Waals surface area contributed by atoms with Crippen LogP contribution in [0.4, 0.5) is 4.39 Å². The molecule has 0 aromatic heterocycles. The van der Waals surface area contributed by atoms with Gasteiger partial charge in [-0.3, -0.25) is 4.79 Å². The molecule has 0 unspecified atom stereocenters. The smallest absolute Gasteiger partial charge is 0.252 e. The lowest BCUT2D eigenvalue weighted by Crippen LogP contribution is -2.40. The maximum Gasteiger partial charge on any atom is 0.252 e. The van der Waals surface area contributed by atoms with E-state index in [9.17, 15) is 9.18 Å². The molecule has 3 nitrogen and oxygen atoms in total. The summed E-state index contributed by atoms with van der Waals surface area (Å²) in [5, 5.41) is 2.93. The lowest BCUT2D eigenvalue weighted by atomic mass is 9.91. The van der Waals surface area contributed by atoms with Gasteiger partial charge in [-0.15, -0.1) is 12.4 Å². The van der Waals surface area contributed by atoms with E-state index in [1.54, 1.807) is 6.07 Å². The normalized spacial score (nSPS) is 22.5. The SMILES string of the molecule is Cl.NC1CCC(NC(=O)c2cc(F)ccc2Br)CC1. The van der Waals surface area contributed by atoms with Crippen LogP contribution in [0.3, 0.4) is 0 Å². The lowest BCUT2D eigenvalue weighted by Gasteiger charge is -2.26. The predicted molar refractivity (Wildman–Crippen MR) is 79.0 cm³/mol. The van der Waals surface area contributed by atoms with Crippen molar-refractivity contribution in [2.45, 2.75) is 37.8 Å². The van der Waals surface area contributed by atoms with Crippen LogP contribution in [0.25, 0.3) is 0 Å². The average Bonchev–Trinajstić information content (AvgIpc) is 2.35. The summed E-state index contributed by atoms with van der Waals surface area (Å²) < 4.78 is 13.7. The second kappa shape index (κ2) is 7.22. The highest BCUT2D eigenvalue weighted by molar-refractivity contribution is 9.10. The molecule has 0 atom stereocenters. The number of amides is 1. The summed E-state index contributed by atoms with van der Waals surface area (Å²) in [4.78, 5) is 12.0. The quantitative estimate of drug-likeness (QED) is 0.860. The van der Waals surface area contributed by atoms with E-state index in [0.717, 1.165) is 25.7 Å². The van der Waals surface area contributed by atoms with Gasteiger partial charge in [0.05, 0.1) is 5.56 Å². The number of rotatable bonds is 2. The van der Waals surface area contributed by atoms with E-state index >= 15 is 0 Å².